The lowest BCUT2D eigenvalue weighted by Gasteiger charge is -2.37. The molecule has 0 amide bonds. The Bertz CT molecular complexity index is 1250. The predicted octanol–water partition coefficient (Wildman–Crippen LogP) is 5.79. The molecule has 2 aliphatic heterocycles. The molecule has 2 aromatic rings. The van der Waals surface area contributed by atoms with Crippen LogP contribution in [0.2, 0.25) is 0 Å². The number of imidazole rings is 1. The van der Waals surface area contributed by atoms with E-state index in [-0.39, 0.29) is 0 Å². The van der Waals surface area contributed by atoms with Gasteiger partial charge >= 0.3 is 0 Å². The Morgan fingerprint density at radius 1 is 1.29 bits per heavy atom. The van der Waals surface area contributed by atoms with Crippen molar-refractivity contribution in [1.29, 1.82) is 0 Å². The largest absolute Gasteiger partial charge is 0.370 e. The van der Waals surface area contributed by atoms with Crippen LogP contribution in [0, 0.1) is 11.8 Å². The first kappa shape index (κ1) is 24.2. The monoisotopic (exact) mass is 489 g/mol. The lowest BCUT2D eigenvalue weighted by Crippen LogP contribution is -2.39. The molecule has 5 nitrogen and oxygen atoms in total. The quantitative estimate of drug-likeness (QED) is 0.522. The number of thiol groups is 1. The van der Waals surface area contributed by atoms with Crippen LogP contribution in [0.25, 0.3) is 22.4 Å². The number of aryl methyl sites for hydroxylation is 2. The summed E-state index contributed by atoms with van der Waals surface area (Å²) in [6.07, 6.45) is 9.15. The van der Waals surface area contributed by atoms with E-state index < -0.39 is 0 Å². The molecular weight excluding hydrogens is 450 g/mol. The molecule has 0 spiro atoms. The molecule has 35 heavy (non-hydrogen) atoms. The van der Waals surface area contributed by atoms with E-state index in [9.17, 15) is 0 Å². The van der Waals surface area contributed by atoms with Gasteiger partial charge in [0, 0.05) is 50.2 Å². The summed E-state index contributed by atoms with van der Waals surface area (Å²) in [5, 5.41) is 0.387. The summed E-state index contributed by atoms with van der Waals surface area (Å²) < 4.78 is 2.28. The lowest BCUT2D eigenvalue weighted by atomic mass is 9.96. The van der Waals surface area contributed by atoms with Crippen molar-refractivity contribution in [2.24, 2.45) is 23.9 Å². The minimum Gasteiger partial charge on any atom is -0.370 e. The molecule has 5 rings (SSSR count). The van der Waals surface area contributed by atoms with Crippen molar-refractivity contribution in [1.82, 2.24) is 19.4 Å². The van der Waals surface area contributed by atoms with Crippen LogP contribution in [0.5, 0.6) is 0 Å². The van der Waals surface area contributed by atoms with Crippen molar-refractivity contribution in [3.63, 3.8) is 0 Å². The maximum absolute atomic E-state index is 5.23. The third-order valence-electron chi connectivity index (χ3n) is 8.05. The van der Waals surface area contributed by atoms with E-state index in [4.69, 9.17) is 17.6 Å². The number of piperidine rings is 1. The first-order valence-corrected chi connectivity index (χ1v) is 13.6. The number of rotatable bonds is 6. The fourth-order valence-electron chi connectivity index (χ4n) is 5.54. The van der Waals surface area contributed by atoms with Gasteiger partial charge in [-0.2, -0.15) is 12.6 Å². The predicted molar refractivity (Wildman–Crippen MR) is 152 cm³/mol. The second-order valence-electron chi connectivity index (χ2n) is 10.5. The molecule has 1 saturated carbocycles. The molecule has 1 aliphatic carbocycles. The fraction of sp³-hybridized carbons (Fsp3) is 0.517. The standard InChI is InChI=1S/C29H39N5S/c1-7-21-13-23(19(4)33-12-11-18(3)26(35)17-33)14-24-27(21)32(6)29(31-24)25-15-22(8-2)28(30-5)34(25)16-20-9-10-20/h8,13-15,18,20,26,35H,4,7,9-12,16-17H2,1-3,5-6H3/b22-8-,30-28?. The van der Waals surface area contributed by atoms with E-state index in [0.717, 1.165) is 67.0 Å². The molecule has 0 radical (unpaired) electrons. The molecule has 186 valence electrons. The average molecular weight is 490 g/mol. The molecule has 2 fully saturated rings. The van der Waals surface area contributed by atoms with E-state index in [1.165, 1.54) is 35.1 Å². The molecule has 3 aliphatic rings. The Morgan fingerprint density at radius 3 is 2.69 bits per heavy atom. The van der Waals surface area contributed by atoms with Gasteiger partial charge in [0.1, 0.15) is 5.84 Å². The summed E-state index contributed by atoms with van der Waals surface area (Å²) in [4.78, 5) is 14.7. The number of aliphatic imine (C=N–C) groups is 1. The third kappa shape index (κ3) is 4.35. The van der Waals surface area contributed by atoms with Crippen LogP contribution in [0.1, 0.15) is 57.0 Å². The molecule has 6 heteroatoms. The Hall–Kier alpha value is -2.47. The zero-order valence-corrected chi connectivity index (χ0v) is 22.8. The Morgan fingerprint density at radius 2 is 2.06 bits per heavy atom. The van der Waals surface area contributed by atoms with Crippen LogP contribution < -0.4 is 0 Å². The number of fused-ring (bicyclic) bond motifs is 1. The minimum atomic E-state index is 0.387. The van der Waals surface area contributed by atoms with Gasteiger partial charge in [-0.25, -0.2) is 4.98 Å². The zero-order chi connectivity index (χ0) is 24.9. The SMILES string of the molecule is C=C(c1cc(CC)c2c(c1)nc(C1=C/C(=C/C)C(=NC)N1CC1CC1)n2C)N1CCC(C)C(S)C1. The summed E-state index contributed by atoms with van der Waals surface area (Å²) in [5.74, 6) is 3.47. The van der Waals surface area contributed by atoms with Gasteiger partial charge in [-0.05, 0) is 73.8 Å². The molecule has 1 aromatic carbocycles. The number of hydrogen-bond acceptors (Lipinski definition) is 4. The van der Waals surface area contributed by atoms with E-state index in [0.29, 0.717) is 11.2 Å². The van der Waals surface area contributed by atoms with Gasteiger partial charge < -0.3 is 14.4 Å². The van der Waals surface area contributed by atoms with Crippen molar-refractivity contribution in [2.45, 2.75) is 51.7 Å². The number of hydrogen-bond donors (Lipinski definition) is 1. The van der Waals surface area contributed by atoms with Gasteiger partial charge in [0.2, 0.25) is 0 Å². The van der Waals surface area contributed by atoms with E-state index in [1.54, 1.807) is 0 Å². The minimum absolute atomic E-state index is 0.387. The van der Waals surface area contributed by atoms with Crippen LogP contribution in [0.4, 0.5) is 0 Å². The lowest BCUT2D eigenvalue weighted by molar-refractivity contribution is 0.278. The Balaban J connectivity index is 1.56. The van der Waals surface area contributed by atoms with Gasteiger partial charge in [0.25, 0.3) is 0 Å². The maximum atomic E-state index is 5.23. The number of amidine groups is 1. The molecule has 0 bridgehead atoms. The van der Waals surface area contributed by atoms with Crippen LogP contribution >= 0.6 is 12.6 Å². The highest BCUT2D eigenvalue weighted by atomic mass is 32.1. The fourth-order valence-corrected chi connectivity index (χ4v) is 5.88. The molecule has 2 atom stereocenters. The zero-order valence-electron chi connectivity index (χ0n) is 21.9. The molecule has 1 aromatic heterocycles. The summed E-state index contributed by atoms with van der Waals surface area (Å²) in [6.45, 7) is 14.1. The average Bonchev–Trinajstić information content (AvgIpc) is 3.53. The number of allylic oxidation sites excluding steroid dienone is 1. The maximum Gasteiger partial charge on any atom is 0.157 e. The third-order valence-corrected chi connectivity index (χ3v) is 8.72. The highest BCUT2D eigenvalue weighted by molar-refractivity contribution is 7.81. The van der Waals surface area contributed by atoms with E-state index >= 15 is 0 Å². The van der Waals surface area contributed by atoms with Crippen LogP contribution in [-0.4, -0.2) is 57.1 Å². The van der Waals surface area contributed by atoms with Gasteiger partial charge in [0.15, 0.2) is 5.82 Å². The van der Waals surface area contributed by atoms with Crippen molar-refractivity contribution < 1.29 is 0 Å². The first-order valence-electron chi connectivity index (χ1n) is 13.1. The van der Waals surface area contributed by atoms with Gasteiger partial charge in [-0.3, -0.25) is 4.99 Å². The summed E-state index contributed by atoms with van der Waals surface area (Å²) >= 11 is 4.83. The molecule has 1 saturated heterocycles. The van der Waals surface area contributed by atoms with Gasteiger partial charge in [-0.1, -0.05) is 26.5 Å². The van der Waals surface area contributed by atoms with Crippen LogP contribution in [0.15, 0.2) is 41.4 Å². The Kier molecular flexibility index (Phi) is 6.60. The smallest absolute Gasteiger partial charge is 0.157 e. The second-order valence-corrected chi connectivity index (χ2v) is 11.1. The van der Waals surface area contributed by atoms with E-state index in [2.05, 4.69) is 78.0 Å². The number of likely N-dealkylation sites (tertiary alicyclic amines) is 1. The number of benzene rings is 1. The Labute approximate surface area is 215 Å². The van der Waals surface area contributed by atoms with Crippen molar-refractivity contribution in [3.05, 3.63) is 53.4 Å². The normalized spacial score (nSPS) is 25.3. The summed E-state index contributed by atoms with van der Waals surface area (Å²) in [6, 6.07) is 4.56. The highest BCUT2D eigenvalue weighted by Gasteiger charge is 2.34. The summed E-state index contributed by atoms with van der Waals surface area (Å²) in [7, 11) is 4.05. The second kappa shape index (κ2) is 9.53. The summed E-state index contributed by atoms with van der Waals surface area (Å²) in [5.41, 5.74) is 8.18. The number of nitrogens with zero attached hydrogens (tertiary/aromatic N) is 5. The van der Waals surface area contributed by atoms with Crippen molar-refractivity contribution in [3.8, 4) is 0 Å². The molecular formula is C29H39N5S. The molecule has 3 heterocycles. The van der Waals surface area contributed by atoms with Crippen molar-refractivity contribution in [2.75, 3.05) is 26.7 Å². The van der Waals surface area contributed by atoms with E-state index in [1.807, 2.05) is 7.05 Å². The first-order chi connectivity index (χ1) is 16.9. The van der Waals surface area contributed by atoms with Crippen LogP contribution in [0.3, 0.4) is 0 Å². The van der Waals surface area contributed by atoms with Gasteiger partial charge in [0.05, 0.1) is 16.7 Å². The van der Waals surface area contributed by atoms with Crippen LogP contribution in [-0.2, 0) is 13.5 Å². The topological polar surface area (TPSA) is 36.7 Å². The highest BCUT2D eigenvalue weighted by Crippen LogP contribution is 2.38. The number of aromatic nitrogens is 2. The van der Waals surface area contributed by atoms with Crippen molar-refractivity contribution >= 4 is 40.9 Å². The molecule has 0 N–H and O–H groups in total. The molecule has 2 unspecified atom stereocenters. The van der Waals surface area contributed by atoms with Gasteiger partial charge in [-0.15, -0.1) is 0 Å².